The van der Waals surface area contributed by atoms with Gasteiger partial charge in [-0.2, -0.15) is 4.98 Å². The van der Waals surface area contributed by atoms with Gasteiger partial charge in [-0.15, -0.1) is 0 Å². The number of ether oxygens (including phenoxy) is 1. The lowest BCUT2D eigenvalue weighted by molar-refractivity contribution is 0.118. The Balaban J connectivity index is 2.02. The molecule has 2 rings (SSSR count). The molecule has 1 fully saturated rings. The van der Waals surface area contributed by atoms with Crippen molar-refractivity contribution in [2.75, 3.05) is 5.73 Å². The Morgan fingerprint density at radius 3 is 3.06 bits per heavy atom. The summed E-state index contributed by atoms with van der Waals surface area (Å²) in [6, 6.07) is 3.42. The summed E-state index contributed by atoms with van der Waals surface area (Å²) in [5.74, 6) is 1.26. The van der Waals surface area contributed by atoms with Gasteiger partial charge in [-0.3, -0.25) is 0 Å². The maximum absolute atomic E-state index is 5.88. The van der Waals surface area contributed by atoms with E-state index >= 15 is 0 Å². The van der Waals surface area contributed by atoms with Crippen LogP contribution < -0.4 is 10.5 Å². The van der Waals surface area contributed by atoms with Crippen LogP contribution in [-0.4, -0.2) is 11.1 Å². The van der Waals surface area contributed by atoms with Crippen LogP contribution in [-0.2, 0) is 0 Å². The summed E-state index contributed by atoms with van der Waals surface area (Å²) in [5.41, 5.74) is 6.39. The molecule has 1 aliphatic rings. The number of anilines is 1. The summed E-state index contributed by atoms with van der Waals surface area (Å²) in [6.07, 6.45) is 6.19. The summed E-state index contributed by atoms with van der Waals surface area (Å²) in [7, 11) is 0. The SMILES string of the molecule is CCC1CCCC(Oc2nc(Cl)ccc2N)C1. The minimum atomic E-state index is 0.238. The van der Waals surface area contributed by atoms with E-state index in [-0.39, 0.29) is 6.10 Å². The van der Waals surface area contributed by atoms with E-state index in [1.54, 1.807) is 12.1 Å². The molecule has 17 heavy (non-hydrogen) atoms. The van der Waals surface area contributed by atoms with Crippen LogP contribution in [0.3, 0.4) is 0 Å². The number of nitrogens with zero attached hydrogens (tertiary/aromatic N) is 1. The highest BCUT2D eigenvalue weighted by Gasteiger charge is 2.23. The van der Waals surface area contributed by atoms with Crippen molar-refractivity contribution < 1.29 is 4.74 Å². The standard InChI is InChI=1S/C13H19ClN2O/c1-2-9-4-3-5-10(8-9)17-13-11(15)6-7-12(14)16-13/h6-7,9-10H,2-5,8,15H2,1H3. The highest BCUT2D eigenvalue weighted by atomic mass is 35.5. The van der Waals surface area contributed by atoms with Crippen LogP contribution in [0, 0.1) is 5.92 Å². The van der Waals surface area contributed by atoms with Gasteiger partial charge < -0.3 is 10.5 Å². The second-order valence-electron chi connectivity index (χ2n) is 4.71. The smallest absolute Gasteiger partial charge is 0.238 e. The average Bonchev–Trinajstić information content (AvgIpc) is 2.34. The minimum absolute atomic E-state index is 0.238. The molecule has 0 spiro atoms. The van der Waals surface area contributed by atoms with E-state index in [2.05, 4.69) is 11.9 Å². The Hall–Kier alpha value is -0.960. The molecule has 0 aromatic carbocycles. The van der Waals surface area contributed by atoms with Crippen molar-refractivity contribution in [1.29, 1.82) is 0 Å². The van der Waals surface area contributed by atoms with E-state index in [0.29, 0.717) is 16.7 Å². The zero-order valence-corrected chi connectivity index (χ0v) is 10.9. The number of nitrogens with two attached hydrogens (primary N) is 1. The second kappa shape index (κ2) is 5.58. The van der Waals surface area contributed by atoms with Crippen LogP contribution in [0.5, 0.6) is 5.88 Å². The van der Waals surface area contributed by atoms with Crippen LogP contribution in [0.15, 0.2) is 12.1 Å². The van der Waals surface area contributed by atoms with Crippen molar-refractivity contribution in [3.8, 4) is 5.88 Å². The first-order valence-corrected chi connectivity index (χ1v) is 6.65. The first kappa shape index (κ1) is 12.5. The zero-order valence-electron chi connectivity index (χ0n) is 10.2. The summed E-state index contributed by atoms with van der Waals surface area (Å²) in [4.78, 5) is 4.14. The quantitative estimate of drug-likeness (QED) is 0.838. The fourth-order valence-electron chi connectivity index (χ4n) is 2.40. The normalized spacial score (nSPS) is 24.6. The van der Waals surface area contributed by atoms with Crippen LogP contribution in [0.25, 0.3) is 0 Å². The Morgan fingerprint density at radius 1 is 1.47 bits per heavy atom. The molecule has 1 aliphatic carbocycles. The topological polar surface area (TPSA) is 48.1 Å². The summed E-state index contributed by atoms with van der Waals surface area (Å²) in [5, 5.41) is 0.428. The Kier molecular flexibility index (Phi) is 4.11. The average molecular weight is 255 g/mol. The molecule has 0 saturated heterocycles. The third-order valence-corrected chi connectivity index (χ3v) is 3.66. The minimum Gasteiger partial charge on any atom is -0.473 e. The fourth-order valence-corrected chi connectivity index (χ4v) is 2.54. The van der Waals surface area contributed by atoms with Crippen LogP contribution in [0.4, 0.5) is 5.69 Å². The molecule has 1 heterocycles. The summed E-state index contributed by atoms with van der Waals surface area (Å²) in [6.45, 7) is 2.24. The predicted octanol–water partition coefficient (Wildman–Crippen LogP) is 3.66. The van der Waals surface area contributed by atoms with Crippen molar-refractivity contribution in [2.45, 2.75) is 45.1 Å². The van der Waals surface area contributed by atoms with E-state index in [9.17, 15) is 0 Å². The van der Waals surface area contributed by atoms with Crippen LogP contribution in [0.1, 0.15) is 39.0 Å². The van der Waals surface area contributed by atoms with Crippen molar-refractivity contribution in [2.24, 2.45) is 5.92 Å². The van der Waals surface area contributed by atoms with E-state index in [1.807, 2.05) is 0 Å². The van der Waals surface area contributed by atoms with E-state index in [1.165, 1.54) is 19.3 Å². The molecule has 3 nitrogen and oxygen atoms in total. The maximum atomic E-state index is 5.88. The van der Waals surface area contributed by atoms with Gasteiger partial charge in [0.25, 0.3) is 0 Å². The molecule has 1 saturated carbocycles. The van der Waals surface area contributed by atoms with E-state index in [4.69, 9.17) is 22.1 Å². The van der Waals surface area contributed by atoms with Crippen LogP contribution in [0.2, 0.25) is 5.15 Å². The molecule has 2 N–H and O–H groups in total. The summed E-state index contributed by atoms with van der Waals surface area (Å²) < 4.78 is 5.88. The molecule has 2 atom stereocenters. The second-order valence-corrected chi connectivity index (χ2v) is 5.10. The Bertz CT molecular complexity index is 384. The first-order chi connectivity index (χ1) is 8.19. The van der Waals surface area contributed by atoms with Gasteiger partial charge in [0.2, 0.25) is 5.88 Å². The van der Waals surface area contributed by atoms with Crippen molar-refractivity contribution in [3.05, 3.63) is 17.3 Å². The number of aromatic nitrogens is 1. The number of halogens is 1. The molecule has 94 valence electrons. The van der Waals surface area contributed by atoms with Gasteiger partial charge in [-0.1, -0.05) is 31.4 Å². The monoisotopic (exact) mass is 254 g/mol. The van der Waals surface area contributed by atoms with Crippen molar-refractivity contribution >= 4 is 17.3 Å². The van der Waals surface area contributed by atoms with Crippen LogP contribution >= 0.6 is 11.6 Å². The molecule has 0 radical (unpaired) electrons. The fraction of sp³-hybridized carbons (Fsp3) is 0.615. The number of nitrogen functional groups attached to an aromatic ring is 1. The van der Waals surface area contributed by atoms with Gasteiger partial charge in [0.1, 0.15) is 11.3 Å². The Labute approximate surface area is 107 Å². The van der Waals surface area contributed by atoms with Gasteiger partial charge >= 0.3 is 0 Å². The molecule has 0 amide bonds. The molecule has 4 heteroatoms. The lowest BCUT2D eigenvalue weighted by atomic mass is 9.85. The third-order valence-electron chi connectivity index (χ3n) is 3.45. The molecule has 1 aromatic rings. The van der Waals surface area contributed by atoms with Gasteiger partial charge in [-0.25, -0.2) is 0 Å². The maximum Gasteiger partial charge on any atom is 0.238 e. The molecule has 2 unspecified atom stereocenters. The lowest BCUT2D eigenvalue weighted by Crippen LogP contribution is -2.25. The van der Waals surface area contributed by atoms with Gasteiger partial charge in [0.05, 0.1) is 5.69 Å². The number of rotatable bonds is 3. The lowest BCUT2D eigenvalue weighted by Gasteiger charge is -2.28. The van der Waals surface area contributed by atoms with Gasteiger partial charge in [0, 0.05) is 0 Å². The molecule has 0 bridgehead atoms. The number of hydrogen-bond donors (Lipinski definition) is 1. The first-order valence-electron chi connectivity index (χ1n) is 6.27. The van der Waals surface area contributed by atoms with Crippen molar-refractivity contribution in [1.82, 2.24) is 4.98 Å². The van der Waals surface area contributed by atoms with E-state index < -0.39 is 0 Å². The van der Waals surface area contributed by atoms with Gasteiger partial charge in [0.15, 0.2) is 0 Å². The highest BCUT2D eigenvalue weighted by Crippen LogP contribution is 2.31. The largest absolute Gasteiger partial charge is 0.473 e. The number of pyridine rings is 1. The summed E-state index contributed by atoms with van der Waals surface area (Å²) >= 11 is 5.84. The van der Waals surface area contributed by atoms with Crippen molar-refractivity contribution in [3.63, 3.8) is 0 Å². The predicted molar refractivity (Wildman–Crippen MR) is 70.3 cm³/mol. The molecule has 1 aromatic heterocycles. The molecular weight excluding hydrogens is 236 g/mol. The third kappa shape index (κ3) is 3.25. The highest BCUT2D eigenvalue weighted by molar-refractivity contribution is 6.29. The Morgan fingerprint density at radius 2 is 2.29 bits per heavy atom. The molecular formula is C13H19ClN2O. The zero-order chi connectivity index (χ0) is 12.3. The van der Waals surface area contributed by atoms with Gasteiger partial charge in [-0.05, 0) is 37.3 Å². The molecule has 0 aliphatic heterocycles. The van der Waals surface area contributed by atoms with E-state index in [0.717, 1.165) is 18.8 Å². The number of hydrogen-bond acceptors (Lipinski definition) is 3.